The van der Waals surface area contributed by atoms with Gasteiger partial charge in [-0.15, -0.1) is 0 Å². The molecule has 7 heteroatoms. The number of nitrogens with zero attached hydrogens (tertiary/aromatic N) is 4. The summed E-state index contributed by atoms with van der Waals surface area (Å²) in [5.74, 6) is 0.440. The van der Waals surface area contributed by atoms with E-state index < -0.39 is 5.82 Å². The van der Waals surface area contributed by atoms with Crippen molar-refractivity contribution in [1.29, 1.82) is 0 Å². The summed E-state index contributed by atoms with van der Waals surface area (Å²) in [6.45, 7) is 6.92. The number of aryl methyl sites for hydroxylation is 1. The molecule has 2 heterocycles. The van der Waals surface area contributed by atoms with Gasteiger partial charge in [-0.3, -0.25) is 9.69 Å². The Morgan fingerprint density at radius 2 is 1.83 bits per heavy atom. The van der Waals surface area contributed by atoms with Crippen LogP contribution in [0.3, 0.4) is 0 Å². The Balaban J connectivity index is 1.39. The molecule has 0 aliphatic carbocycles. The molecule has 1 fully saturated rings. The predicted octanol–water partition coefficient (Wildman–Crippen LogP) is 3.71. The normalized spacial score (nSPS) is 14.9. The molecule has 1 aromatic heterocycles. The van der Waals surface area contributed by atoms with Gasteiger partial charge in [-0.2, -0.15) is 4.98 Å². The highest BCUT2D eigenvalue weighted by molar-refractivity contribution is 6.00. The molecule has 0 amide bonds. The first-order chi connectivity index (χ1) is 14.0. The average Bonchev–Trinajstić information content (AvgIpc) is 3.17. The van der Waals surface area contributed by atoms with Crippen molar-refractivity contribution >= 4 is 11.5 Å². The van der Waals surface area contributed by atoms with Crippen molar-refractivity contribution in [3.63, 3.8) is 0 Å². The second kappa shape index (κ2) is 8.13. The SMILES string of the molecule is CC(=O)c1c(F)cccc1N1CCN(Cc2nc(-c3ccc(C)cc3)no2)CC1. The number of hydrogen-bond acceptors (Lipinski definition) is 6. The zero-order valence-corrected chi connectivity index (χ0v) is 16.6. The highest BCUT2D eigenvalue weighted by atomic mass is 19.1. The van der Waals surface area contributed by atoms with Crippen molar-refractivity contribution in [3.8, 4) is 11.4 Å². The Hall–Kier alpha value is -3.06. The van der Waals surface area contributed by atoms with Gasteiger partial charge in [0.15, 0.2) is 5.78 Å². The number of rotatable bonds is 5. The average molecular weight is 394 g/mol. The molecule has 0 spiro atoms. The standard InChI is InChI=1S/C22H23FN4O2/c1-15-6-8-17(9-7-15)22-24-20(29-25-22)14-26-10-12-27(13-11-26)19-5-3-4-18(23)21(19)16(2)28/h3-9H,10-14H2,1-2H3. The molecule has 29 heavy (non-hydrogen) atoms. The molecule has 1 saturated heterocycles. The van der Waals surface area contributed by atoms with Gasteiger partial charge in [0, 0.05) is 31.7 Å². The third kappa shape index (κ3) is 4.19. The maximum absolute atomic E-state index is 14.1. The number of hydrogen-bond donors (Lipinski definition) is 0. The summed E-state index contributed by atoms with van der Waals surface area (Å²) >= 11 is 0. The van der Waals surface area contributed by atoms with Crippen LogP contribution in [0.25, 0.3) is 11.4 Å². The molecule has 0 N–H and O–H groups in total. The van der Waals surface area contributed by atoms with Gasteiger partial charge in [0.05, 0.1) is 17.8 Å². The van der Waals surface area contributed by atoms with Crippen molar-refractivity contribution < 1.29 is 13.7 Å². The second-order valence-electron chi connectivity index (χ2n) is 7.33. The summed E-state index contributed by atoms with van der Waals surface area (Å²) < 4.78 is 19.5. The van der Waals surface area contributed by atoms with E-state index in [2.05, 4.69) is 19.9 Å². The van der Waals surface area contributed by atoms with Crippen LogP contribution in [0.2, 0.25) is 0 Å². The van der Waals surface area contributed by atoms with Crippen molar-refractivity contribution in [3.05, 3.63) is 65.3 Å². The van der Waals surface area contributed by atoms with Crippen LogP contribution in [0, 0.1) is 12.7 Å². The Morgan fingerprint density at radius 3 is 2.52 bits per heavy atom. The van der Waals surface area contributed by atoms with Crippen molar-refractivity contribution in [2.45, 2.75) is 20.4 Å². The Kier molecular flexibility index (Phi) is 5.40. The second-order valence-corrected chi connectivity index (χ2v) is 7.33. The van der Waals surface area contributed by atoms with Crippen LogP contribution in [0.5, 0.6) is 0 Å². The molecule has 0 unspecified atom stereocenters. The van der Waals surface area contributed by atoms with Crippen LogP contribution in [-0.2, 0) is 6.54 Å². The van der Waals surface area contributed by atoms with Crippen molar-refractivity contribution in [2.75, 3.05) is 31.1 Å². The first-order valence-corrected chi connectivity index (χ1v) is 9.67. The van der Waals surface area contributed by atoms with E-state index in [9.17, 15) is 9.18 Å². The summed E-state index contributed by atoms with van der Waals surface area (Å²) in [4.78, 5) is 20.6. The number of benzene rings is 2. The number of ketones is 1. The van der Waals surface area contributed by atoms with Gasteiger partial charge in [0.2, 0.25) is 11.7 Å². The van der Waals surface area contributed by atoms with E-state index in [1.165, 1.54) is 18.6 Å². The molecular formula is C22H23FN4O2. The fraction of sp³-hybridized carbons (Fsp3) is 0.318. The molecule has 150 valence electrons. The van der Waals surface area contributed by atoms with Crippen molar-refractivity contribution in [1.82, 2.24) is 15.0 Å². The lowest BCUT2D eigenvalue weighted by atomic mass is 10.1. The number of Topliss-reactive ketones (excluding diaryl/α,β-unsaturated/α-hetero) is 1. The summed E-state index contributed by atoms with van der Waals surface area (Å²) in [6, 6.07) is 12.8. The van der Waals surface area contributed by atoms with Gasteiger partial charge < -0.3 is 9.42 Å². The third-order valence-corrected chi connectivity index (χ3v) is 5.19. The highest BCUT2D eigenvalue weighted by Gasteiger charge is 2.23. The number of anilines is 1. The smallest absolute Gasteiger partial charge is 0.241 e. The molecule has 4 rings (SSSR count). The van der Waals surface area contributed by atoms with E-state index in [-0.39, 0.29) is 11.3 Å². The van der Waals surface area contributed by atoms with Crippen LogP contribution in [0.1, 0.15) is 28.7 Å². The summed E-state index contributed by atoms with van der Waals surface area (Å²) in [7, 11) is 0. The Bertz CT molecular complexity index is 1010. The number of carbonyl (C=O) groups is 1. The van der Waals surface area contributed by atoms with Crippen LogP contribution in [-0.4, -0.2) is 47.0 Å². The molecule has 1 aliphatic heterocycles. The monoisotopic (exact) mass is 394 g/mol. The van der Waals surface area contributed by atoms with Gasteiger partial charge in [-0.25, -0.2) is 4.39 Å². The number of aromatic nitrogens is 2. The molecule has 0 bridgehead atoms. The van der Waals surface area contributed by atoms with Crippen LogP contribution >= 0.6 is 0 Å². The molecule has 0 saturated carbocycles. The van der Waals surface area contributed by atoms with Gasteiger partial charge in [0.25, 0.3) is 0 Å². The van der Waals surface area contributed by atoms with Gasteiger partial charge >= 0.3 is 0 Å². The van der Waals surface area contributed by atoms with Gasteiger partial charge in [-0.05, 0) is 26.0 Å². The molecule has 0 radical (unpaired) electrons. The van der Waals surface area contributed by atoms with E-state index in [0.717, 1.165) is 18.7 Å². The first-order valence-electron chi connectivity index (χ1n) is 9.67. The maximum Gasteiger partial charge on any atom is 0.241 e. The number of halogens is 1. The Labute approximate surface area is 168 Å². The predicted molar refractivity (Wildman–Crippen MR) is 108 cm³/mol. The Morgan fingerprint density at radius 1 is 1.10 bits per heavy atom. The molecule has 3 aromatic rings. The molecular weight excluding hydrogens is 371 g/mol. The quantitative estimate of drug-likeness (QED) is 0.615. The lowest BCUT2D eigenvalue weighted by molar-refractivity contribution is 0.101. The maximum atomic E-state index is 14.1. The lowest BCUT2D eigenvalue weighted by Crippen LogP contribution is -2.46. The topological polar surface area (TPSA) is 62.5 Å². The lowest BCUT2D eigenvalue weighted by Gasteiger charge is -2.36. The summed E-state index contributed by atoms with van der Waals surface area (Å²) in [6.07, 6.45) is 0. The largest absolute Gasteiger partial charge is 0.368 e. The molecule has 2 aromatic carbocycles. The van der Waals surface area contributed by atoms with E-state index in [4.69, 9.17) is 4.52 Å². The minimum absolute atomic E-state index is 0.167. The fourth-order valence-electron chi connectivity index (χ4n) is 3.60. The molecule has 0 atom stereocenters. The first kappa shape index (κ1) is 19.3. The van der Waals surface area contributed by atoms with Gasteiger partial charge in [-0.1, -0.05) is 41.1 Å². The van der Waals surface area contributed by atoms with Crippen LogP contribution in [0.4, 0.5) is 10.1 Å². The number of carbonyl (C=O) groups excluding carboxylic acids is 1. The molecule has 1 aliphatic rings. The summed E-state index contributed by atoms with van der Waals surface area (Å²) in [5.41, 5.74) is 2.94. The van der Waals surface area contributed by atoms with E-state index in [1.807, 2.05) is 31.2 Å². The van der Waals surface area contributed by atoms with Crippen LogP contribution in [0.15, 0.2) is 47.0 Å². The van der Waals surface area contributed by atoms with Crippen molar-refractivity contribution in [2.24, 2.45) is 0 Å². The van der Waals surface area contributed by atoms with E-state index >= 15 is 0 Å². The zero-order valence-electron chi connectivity index (χ0n) is 16.6. The minimum atomic E-state index is -0.466. The molecule has 6 nitrogen and oxygen atoms in total. The zero-order chi connectivity index (χ0) is 20.4. The van der Waals surface area contributed by atoms with Gasteiger partial charge in [0.1, 0.15) is 5.82 Å². The number of piperazine rings is 1. The summed E-state index contributed by atoms with van der Waals surface area (Å²) in [5, 5.41) is 4.08. The minimum Gasteiger partial charge on any atom is -0.368 e. The third-order valence-electron chi connectivity index (χ3n) is 5.19. The van der Waals surface area contributed by atoms with E-state index in [1.54, 1.807) is 12.1 Å². The fourth-order valence-corrected chi connectivity index (χ4v) is 3.60. The van der Waals surface area contributed by atoms with Crippen LogP contribution < -0.4 is 4.90 Å². The van der Waals surface area contributed by atoms with E-state index in [0.29, 0.717) is 37.0 Å². The highest BCUT2D eigenvalue weighted by Crippen LogP contribution is 2.25.